The van der Waals surface area contributed by atoms with E-state index in [9.17, 15) is 19.8 Å². The predicted molar refractivity (Wildman–Crippen MR) is 187 cm³/mol. The monoisotopic (exact) mass is 626 g/mol. The van der Waals surface area contributed by atoms with E-state index in [0.717, 1.165) is 40.8 Å². The lowest BCUT2D eigenvalue weighted by Gasteiger charge is -2.45. The topological polar surface area (TPSA) is 115 Å². The van der Waals surface area contributed by atoms with Gasteiger partial charge in [0.15, 0.2) is 6.29 Å². The average Bonchev–Trinajstić information content (AvgIpc) is 3.03. The van der Waals surface area contributed by atoms with Crippen LogP contribution in [0.1, 0.15) is 83.8 Å². The van der Waals surface area contributed by atoms with Gasteiger partial charge in [-0.25, -0.2) is 0 Å². The number of aliphatic hydroxyl groups is 2. The third-order valence-corrected chi connectivity index (χ3v) is 8.51. The van der Waals surface area contributed by atoms with Crippen molar-refractivity contribution in [1.29, 1.82) is 0 Å². The Bertz CT molecular complexity index is 1470. The Morgan fingerprint density at radius 1 is 1.07 bits per heavy atom. The summed E-state index contributed by atoms with van der Waals surface area (Å²) in [6, 6.07) is 8.08. The Morgan fingerprint density at radius 3 is 2.43 bits per heavy atom. The van der Waals surface area contributed by atoms with Gasteiger partial charge in [0.25, 0.3) is 0 Å². The number of benzene rings is 1. The lowest BCUT2D eigenvalue weighted by molar-refractivity contribution is -0.130. The number of carbonyl (C=O) groups excluding carboxylic acids is 2. The van der Waals surface area contributed by atoms with Crippen LogP contribution in [0.4, 0.5) is 0 Å². The Morgan fingerprint density at radius 2 is 1.78 bits per heavy atom. The standard InChI is InChI=1S/C38H50N4O4/c1-7-30(8-2)19-18-27(4)26-39-33(9-3)34(40-29(6)14-10-13-17-36(44)45)24-28(5)37(46)42-22-20-38(21-23-42)32-16-12-11-15-31(32)25-35(43)41-38/h7,9,11-12,15-16,18-19,24,26,36,44-45H,1,3,8,10,13-14,17,20-23,25H2,2,4-6H3,(H,41,43)/b27-18+,28-24+,30-19+,34-33-,39-26+,40-29?. The minimum Gasteiger partial charge on any atom is -0.368 e. The second-order valence-corrected chi connectivity index (χ2v) is 12.1. The van der Waals surface area contributed by atoms with Gasteiger partial charge in [0, 0.05) is 30.6 Å². The molecule has 1 saturated heterocycles. The Balaban J connectivity index is 1.87. The molecule has 0 bridgehead atoms. The fourth-order valence-corrected chi connectivity index (χ4v) is 5.83. The van der Waals surface area contributed by atoms with Crippen LogP contribution in [-0.4, -0.2) is 58.2 Å². The molecule has 2 heterocycles. The summed E-state index contributed by atoms with van der Waals surface area (Å²) in [5, 5.41) is 21.6. The van der Waals surface area contributed by atoms with Crippen LogP contribution >= 0.6 is 0 Å². The fourth-order valence-electron chi connectivity index (χ4n) is 5.83. The zero-order valence-electron chi connectivity index (χ0n) is 27.9. The number of aliphatic imine (C=N–C) groups is 2. The van der Waals surface area contributed by atoms with Gasteiger partial charge in [-0.05, 0) is 100 Å². The van der Waals surface area contributed by atoms with Crippen LogP contribution in [0, 0.1) is 0 Å². The van der Waals surface area contributed by atoms with E-state index in [1.165, 1.54) is 0 Å². The molecule has 1 spiro atoms. The van der Waals surface area contributed by atoms with Crippen molar-refractivity contribution in [2.75, 3.05) is 13.1 Å². The number of nitrogens with one attached hydrogen (secondary N) is 1. The molecule has 246 valence electrons. The van der Waals surface area contributed by atoms with Crippen LogP contribution in [0.5, 0.6) is 0 Å². The number of nitrogens with zero attached hydrogens (tertiary/aromatic N) is 3. The van der Waals surface area contributed by atoms with E-state index >= 15 is 0 Å². The number of hydrogen-bond acceptors (Lipinski definition) is 6. The van der Waals surface area contributed by atoms with Gasteiger partial charge >= 0.3 is 0 Å². The Labute approximate surface area is 274 Å². The van der Waals surface area contributed by atoms with Crippen molar-refractivity contribution in [2.24, 2.45) is 9.98 Å². The summed E-state index contributed by atoms with van der Waals surface area (Å²) in [4.78, 5) is 37.7. The van der Waals surface area contributed by atoms with Gasteiger partial charge in [-0.15, -0.1) is 0 Å². The first-order valence-electron chi connectivity index (χ1n) is 16.2. The maximum atomic E-state index is 13.7. The Hall–Kier alpha value is -4.14. The Kier molecular flexibility index (Phi) is 13.8. The number of amides is 2. The predicted octanol–water partition coefficient (Wildman–Crippen LogP) is 6.39. The third-order valence-electron chi connectivity index (χ3n) is 8.51. The van der Waals surface area contributed by atoms with Crippen molar-refractivity contribution in [3.63, 3.8) is 0 Å². The van der Waals surface area contributed by atoms with Crippen LogP contribution in [0.3, 0.4) is 0 Å². The number of likely N-dealkylation sites (tertiary alicyclic amines) is 1. The van der Waals surface area contributed by atoms with Crippen LogP contribution in [0.2, 0.25) is 0 Å². The highest BCUT2D eigenvalue weighted by Gasteiger charge is 2.42. The van der Waals surface area contributed by atoms with Crippen molar-refractivity contribution < 1.29 is 19.8 Å². The molecule has 2 amide bonds. The van der Waals surface area contributed by atoms with E-state index in [0.29, 0.717) is 68.6 Å². The molecule has 8 nitrogen and oxygen atoms in total. The minimum atomic E-state index is -1.31. The van der Waals surface area contributed by atoms with Gasteiger partial charge in [-0.1, -0.05) is 62.6 Å². The molecule has 3 N–H and O–H groups in total. The van der Waals surface area contributed by atoms with Gasteiger partial charge in [0.2, 0.25) is 11.8 Å². The van der Waals surface area contributed by atoms with E-state index in [1.54, 1.807) is 25.3 Å². The number of piperidine rings is 1. The van der Waals surface area contributed by atoms with Crippen molar-refractivity contribution in [1.82, 2.24) is 10.2 Å². The molecule has 0 radical (unpaired) electrons. The van der Waals surface area contributed by atoms with Crippen LogP contribution in [-0.2, 0) is 21.5 Å². The molecule has 0 aromatic heterocycles. The highest BCUT2D eigenvalue weighted by Crippen LogP contribution is 2.38. The van der Waals surface area contributed by atoms with Gasteiger partial charge in [0.05, 0.1) is 23.4 Å². The van der Waals surface area contributed by atoms with Crippen LogP contribution < -0.4 is 5.32 Å². The van der Waals surface area contributed by atoms with E-state index in [-0.39, 0.29) is 11.8 Å². The zero-order valence-corrected chi connectivity index (χ0v) is 27.9. The molecule has 2 aliphatic rings. The highest BCUT2D eigenvalue weighted by molar-refractivity contribution is 5.94. The second-order valence-electron chi connectivity index (χ2n) is 12.1. The van der Waals surface area contributed by atoms with E-state index in [1.807, 2.05) is 55.2 Å². The van der Waals surface area contributed by atoms with Gasteiger partial charge < -0.3 is 20.4 Å². The lowest BCUT2D eigenvalue weighted by Crippen LogP contribution is -2.56. The maximum Gasteiger partial charge on any atom is 0.249 e. The fraction of sp³-hybridized carbons (Fsp3) is 0.421. The molecular formula is C38H50N4O4. The van der Waals surface area contributed by atoms with E-state index in [2.05, 4.69) is 36.5 Å². The maximum absolute atomic E-state index is 13.7. The first kappa shape index (κ1) is 36.3. The largest absolute Gasteiger partial charge is 0.368 e. The summed E-state index contributed by atoms with van der Waals surface area (Å²) in [6.07, 6.45) is 14.6. The quantitative estimate of drug-likeness (QED) is 0.0730. The number of aliphatic hydroxyl groups excluding tert-OH is 1. The highest BCUT2D eigenvalue weighted by atomic mass is 16.5. The number of rotatable bonds is 14. The third kappa shape index (κ3) is 10.2. The lowest BCUT2D eigenvalue weighted by atomic mass is 9.75. The van der Waals surface area contributed by atoms with Crippen molar-refractivity contribution in [3.05, 3.63) is 107 Å². The van der Waals surface area contributed by atoms with Crippen molar-refractivity contribution >= 4 is 23.7 Å². The smallest absolute Gasteiger partial charge is 0.249 e. The molecule has 1 fully saturated rings. The molecule has 0 unspecified atom stereocenters. The number of hydrogen-bond donors (Lipinski definition) is 3. The minimum absolute atomic E-state index is 0.0234. The molecule has 46 heavy (non-hydrogen) atoms. The molecule has 2 aliphatic heterocycles. The normalized spacial score (nSPS) is 18.1. The number of carbonyl (C=O) groups is 2. The molecule has 1 aromatic rings. The van der Waals surface area contributed by atoms with E-state index in [4.69, 9.17) is 4.99 Å². The second kappa shape index (κ2) is 17.5. The molecule has 0 saturated carbocycles. The van der Waals surface area contributed by atoms with E-state index < -0.39 is 11.8 Å². The molecule has 0 atom stereocenters. The van der Waals surface area contributed by atoms with Gasteiger partial charge in [-0.2, -0.15) is 0 Å². The average molecular weight is 627 g/mol. The molecule has 0 aliphatic carbocycles. The van der Waals surface area contributed by atoms with Crippen LogP contribution in [0.25, 0.3) is 0 Å². The molecule has 8 heteroatoms. The van der Waals surface area contributed by atoms with Crippen LogP contribution in [0.15, 0.2) is 106 Å². The zero-order chi connectivity index (χ0) is 33.7. The van der Waals surface area contributed by atoms with Gasteiger partial charge in [-0.3, -0.25) is 19.6 Å². The molecule has 1 aromatic carbocycles. The number of unbranched alkanes of at least 4 members (excludes halogenated alkanes) is 1. The number of allylic oxidation sites excluding steroid dienone is 7. The van der Waals surface area contributed by atoms with Crippen molar-refractivity contribution in [3.8, 4) is 0 Å². The summed E-state index contributed by atoms with van der Waals surface area (Å²) in [7, 11) is 0. The first-order chi connectivity index (χ1) is 22.0. The first-order valence-corrected chi connectivity index (χ1v) is 16.2. The summed E-state index contributed by atoms with van der Waals surface area (Å²) >= 11 is 0. The number of fused-ring (bicyclic) bond motifs is 2. The van der Waals surface area contributed by atoms with Gasteiger partial charge in [0.1, 0.15) is 0 Å². The summed E-state index contributed by atoms with van der Waals surface area (Å²) in [5.74, 6) is -0.0621. The summed E-state index contributed by atoms with van der Waals surface area (Å²) < 4.78 is 0. The SMILES string of the molecule is C=C\C(=C/C=C(C)/C=N/C(C=C)=C(/C=C(\C)C(=O)N1CCC2(CC1)NC(=O)Cc1ccccc12)N=C(C)CCCCC(O)O)CC. The van der Waals surface area contributed by atoms with Crippen molar-refractivity contribution in [2.45, 2.75) is 90.9 Å². The summed E-state index contributed by atoms with van der Waals surface area (Å²) in [5.41, 5.74) is 6.26. The molecular weight excluding hydrogens is 576 g/mol. The summed E-state index contributed by atoms with van der Waals surface area (Å²) in [6.45, 7) is 16.6. The molecule has 3 rings (SSSR count).